The number of hydrogen-bond acceptors (Lipinski definition) is 8. The maximum Gasteiger partial charge on any atom is 0.490 e. The number of fused-ring (bicyclic) bond motifs is 1. The molecule has 0 saturated carbocycles. The van der Waals surface area contributed by atoms with Gasteiger partial charge in [-0.1, -0.05) is 24.3 Å². The Kier molecular flexibility index (Phi) is 7.79. The smallest absolute Gasteiger partial charge is 0.490 e. The summed E-state index contributed by atoms with van der Waals surface area (Å²) < 4.78 is 31.7. The standard InChI is InChI=1S/C22H17N7O.C2HF3O2/c1-25-21-15(10-23)20(13-5-4-6-14(30)9-13)16(11-24)22(29-21)26-12-19-27-17-7-2-3-8-18(17)28-19;3-2(4,5)1(6)7/h2-9,30H,12H2,1H3,(H,27,28)(H2,25,26,29);(H,6,7). The van der Waals surface area contributed by atoms with Crippen molar-refractivity contribution in [1.29, 1.82) is 10.5 Å². The van der Waals surface area contributed by atoms with Crippen LogP contribution in [0.25, 0.3) is 22.2 Å². The van der Waals surface area contributed by atoms with Crippen LogP contribution < -0.4 is 10.6 Å². The normalized spacial score (nSPS) is 10.5. The fourth-order valence-electron chi connectivity index (χ4n) is 3.32. The van der Waals surface area contributed by atoms with Crippen LogP contribution in [0.4, 0.5) is 24.8 Å². The highest BCUT2D eigenvalue weighted by Gasteiger charge is 2.38. The number of rotatable bonds is 5. The van der Waals surface area contributed by atoms with Crippen LogP contribution in [0.2, 0.25) is 0 Å². The van der Waals surface area contributed by atoms with Gasteiger partial charge < -0.3 is 25.8 Å². The van der Waals surface area contributed by atoms with Crippen molar-refractivity contribution in [2.24, 2.45) is 0 Å². The Bertz CT molecular complexity index is 1500. The van der Waals surface area contributed by atoms with Gasteiger partial charge >= 0.3 is 12.1 Å². The highest BCUT2D eigenvalue weighted by atomic mass is 19.4. The van der Waals surface area contributed by atoms with Gasteiger partial charge in [0.05, 0.1) is 17.6 Å². The van der Waals surface area contributed by atoms with Crippen molar-refractivity contribution in [3.05, 3.63) is 65.5 Å². The van der Waals surface area contributed by atoms with Gasteiger partial charge in [-0.25, -0.2) is 14.8 Å². The predicted molar refractivity (Wildman–Crippen MR) is 127 cm³/mol. The first-order chi connectivity index (χ1) is 17.6. The zero-order valence-electron chi connectivity index (χ0n) is 19.1. The van der Waals surface area contributed by atoms with E-state index in [1.165, 1.54) is 12.1 Å². The van der Waals surface area contributed by atoms with E-state index < -0.39 is 12.1 Å². The van der Waals surface area contributed by atoms with Crippen molar-refractivity contribution in [2.45, 2.75) is 12.7 Å². The van der Waals surface area contributed by atoms with Crippen molar-refractivity contribution in [1.82, 2.24) is 15.0 Å². The van der Waals surface area contributed by atoms with Crippen molar-refractivity contribution >= 4 is 28.6 Å². The molecule has 2 aromatic heterocycles. The number of pyridine rings is 1. The number of halogens is 3. The fourth-order valence-corrected chi connectivity index (χ4v) is 3.32. The number of phenolic OH excluding ortho intramolecular Hbond substituents is 1. The quantitative estimate of drug-likeness (QED) is 0.262. The number of imidazole rings is 1. The third-order valence-electron chi connectivity index (χ3n) is 4.90. The third kappa shape index (κ3) is 6.04. The second kappa shape index (κ2) is 11.0. The minimum Gasteiger partial charge on any atom is -0.508 e. The van der Waals surface area contributed by atoms with E-state index >= 15 is 0 Å². The van der Waals surface area contributed by atoms with Crippen molar-refractivity contribution in [3.8, 4) is 29.0 Å². The van der Waals surface area contributed by atoms with E-state index in [0.29, 0.717) is 35.1 Å². The molecule has 0 bridgehead atoms. The SMILES string of the molecule is CNc1nc(NCc2nc3ccccc3[nH]2)c(C#N)c(-c2cccc(O)c2)c1C#N.O=C(O)C(F)(F)F. The first-order valence-corrected chi connectivity index (χ1v) is 10.4. The molecular formula is C24H18F3N7O3. The maximum absolute atomic E-state index is 10.6. The first kappa shape index (κ1) is 26.3. The number of aromatic amines is 1. The summed E-state index contributed by atoms with van der Waals surface area (Å²) in [6.07, 6.45) is -5.08. The number of para-hydroxylation sites is 2. The Morgan fingerprint density at radius 2 is 1.70 bits per heavy atom. The number of aromatic hydroxyl groups is 1. The molecule has 2 aromatic carbocycles. The minimum atomic E-state index is -5.08. The third-order valence-corrected chi connectivity index (χ3v) is 4.90. The summed E-state index contributed by atoms with van der Waals surface area (Å²) in [5.74, 6) is -1.37. The Morgan fingerprint density at radius 1 is 1.05 bits per heavy atom. The lowest BCUT2D eigenvalue weighted by Gasteiger charge is -2.15. The van der Waals surface area contributed by atoms with E-state index in [2.05, 4.69) is 37.7 Å². The summed E-state index contributed by atoms with van der Waals surface area (Å²) in [6.45, 7) is 0.310. The first-order valence-electron chi connectivity index (χ1n) is 10.4. The highest BCUT2D eigenvalue weighted by molar-refractivity contribution is 5.86. The molecule has 188 valence electrons. The number of benzene rings is 2. The zero-order chi connectivity index (χ0) is 27.2. The van der Waals surface area contributed by atoms with Crippen LogP contribution in [0.15, 0.2) is 48.5 Å². The van der Waals surface area contributed by atoms with E-state index in [1.54, 1.807) is 19.2 Å². The van der Waals surface area contributed by atoms with Crippen LogP contribution in [0, 0.1) is 22.7 Å². The van der Waals surface area contributed by atoms with Crippen LogP contribution in [0.3, 0.4) is 0 Å². The molecule has 0 spiro atoms. The lowest BCUT2D eigenvalue weighted by molar-refractivity contribution is -0.192. The van der Waals surface area contributed by atoms with Crippen molar-refractivity contribution in [3.63, 3.8) is 0 Å². The number of H-pyrrole nitrogens is 1. The Balaban J connectivity index is 0.000000479. The lowest BCUT2D eigenvalue weighted by Crippen LogP contribution is -2.21. The molecule has 0 saturated heterocycles. The van der Waals surface area contributed by atoms with Crippen molar-refractivity contribution in [2.75, 3.05) is 17.7 Å². The number of nitrogens with zero attached hydrogens (tertiary/aromatic N) is 4. The second-order valence-electron chi connectivity index (χ2n) is 7.32. The number of anilines is 2. The summed E-state index contributed by atoms with van der Waals surface area (Å²) >= 11 is 0. The molecule has 0 aliphatic heterocycles. The molecule has 0 amide bonds. The molecule has 0 unspecified atom stereocenters. The van der Waals surface area contributed by atoms with Gasteiger partial charge in [0.15, 0.2) is 0 Å². The maximum atomic E-state index is 10.6. The van der Waals surface area contributed by atoms with Gasteiger partial charge in [0.25, 0.3) is 0 Å². The molecule has 37 heavy (non-hydrogen) atoms. The van der Waals surface area contributed by atoms with E-state index in [4.69, 9.17) is 9.90 Å². The average Bonchev–Trinajstić information content (AvgIpc) is 3.29. The van der Waals surface area contributed by atoms with Crippen LogP contribution >= 0.6 is 0 Å². The lowest BCUT2D eigenvalue weighted by atomic mass is 9.95. The summed E-state index contributed by atoms with van der Waals surface area (Å²) in [5.41, 5.74) is 3.16. The number of nitriles is 2. The number of aromatic nitrogens is 3. The number of alkyl halides is 3. The van der Waals surface area contributed by atoms with Gasteiger partial charge in [-0.2, -0.15) is 23.7 Å². The average molecular weight is 509 g/mol. The van der Waals surface area contributed by atoms with Gasteiger partial charge in [-0.15, -0.1) is 0 Å². The van der Waals surface area contributed by atoms with Crippen LogP contribution in [-0.4, -0.2) is 44.4 Å². The number of hydrogen-bond donors (Lipinski definition) is 5. The molecule has 0 radical (unpaired) electrons. The summed E-state index contributed by atoms with van der Waals surface area (Å²) in [7, 11) is 1.66. The second-order valence-corrected chi connectivity index (χ2v) is 7.32. The molecule has 10 nitrogen and oxygen atoms in total. The van der Waals surface area contributed by atoms with E-state index in [1.807, 2.05) is 24.3 Å². The molecule has 4 aromatic rings. The van der Waals surface area contributed by atoms with Crippen LogP contribution in [0.5, 0.6) is 5.75 Å². The number of carboxylic acids is 1. The van der Waals surface area contributed by atoms with Gasteiger partial charge in [-0.3, -0.25) is 0 Å². The largest absolute Gasteiger partial charge is 0.508 e. The molecule has 5 N–H and O–H groups in total. The number of carbonyl (C=O) groups is 1. The Hall–Kier alpha value is -5.30. The molecule has 0 aliphatic rings. The molecule has 4 rings (SSSR count). The van der Waals surface area contributed by atoms with E-state index in [-0.39, 0.29) is 16.9 Å². The van der Waals surface area contributed by atoms with Gasteiger partial charge in [-0.05, 0) is 29.8 Å². The fraction of sp³-hybridized carbons (Fsp3) is 0.125. The molecule has 0 fully saturated rings. The molecule has 0 atom stereocenters. The summed E-state index contributed by atoms with van der Waals surface area (Å²) in [4.78, 5) is 21.1. The number of carboxylic acid groups (broad SMARTS) is 1. The molecule has 0 aliphatic carbocycles. The van der Waals surface area contributed by atoms with E-state index in [0.717, 1.165) is 11.0 Å². The zero-order valence-corrected chi connectivity index (χ0v) is 19.1. The van der Waals surface area contributed by atoms with Crippen LogP contribution in [-0.2, 0) is 11.3 Å². The minimum absolute atomic E-state index is 0.0416. The Labute approximate surface area is 207 Å². The monoisotopic (exact) mass is 509 g/mol. The van der Waals surface area contributed by atoms with Gasteiger partial charge in [0.1, 0.15) is 46.5 Å². The number of phenols is 1. The number of aliphatic carboxylic acids is 1. The predicted octanol–water partition coefficient (Wildman–Crippen LogP) is 4.36. The van der Waals surface area contributed by atoms with Crippen LogP contribution in [0.1, 0.15) is 17.0 Å². The molecular weight excluding hydrogens is 491 g/mol. The molecule has 13 heteroatoms. The van der Waals surface area contributed by atoms with E-state index in [9.17, 15) is 28.8 Å². The van der Waals surface area contributed by atoms with Gasteiger partial charge in [0, 0.05) is 12.6 Å². The Morgan fingerprint density at radius 3 is 2.27 bits per heavy atom. The summed E-state index contributed by atoms with van der Waals surface area (Å²) in [6, 6.07) is 18.4. The number of nitrogens with one attached hydrogen (secondary N) is 3. The topological polar surface area (TPSA) is 171 Å². The van der Waals surface area contributed by atoms with Crippen molar-refractivity contribution < 1.29 is 28.2 Å². The highest BCUT2D eigenvalue weighted by Crippen LogP contribution is 2.36. The van der Waals surface area contributed by atoms with Gasteiger partial charge in [0.2, 0.25) is 0 Å². The molecule has 2 heterocycles. The summed E-state index contributed by atoms with van der Waals surface area (Å²) in [5, 5.41) is 42.7.